The maximum absolute atomic E-state index is 12.4. The van der Waals surface area contributed by atoms with E-state index in [1.807, 2.05) is 0 Å². The van der Waals surface area contributed by atoms with Gasteiger partial charge in [-0.1, -0.05) is 0 Å². The molecule has 0 radical (unpaired) electrons. The summed E-state index contributed by atoms with van der Waals surface area (Å²) in [5, 5.41) is 0. The van der Waals surface area contributed by atoms with E-state index < -0.39 is 0 Å². The van der Waals surface area contributed by atoms with Crippen LogP contribution in [0.5, 0.6) is 0 Å². The topological polar surface area (TPSA) is 35.2 Å². The lowest BCUT2D eigenvalue weighted by Crippen LogP contribution is -2.02. The van der Waals surface area contributed by atoms with Crippen LogP contribution in [0.3, 0.4) is 0 Å². The molecule has 0 aliphatic rings. The number of hydrogen-bond donors (Lipinski definition) is 1. The number of rotatable bonds is 4. The van der Waals surface area contributed by atoms with E-state index in [2.05, 4.69) is 4.84 Å². The zero-order valence-corrected chi connectivity index (χ0v) is 7.31. The van der Waals surface area contributed by atoms with Gasteiger partial charge in [-0.3, -0.25) is 0 Å². The summed E-state index contributed by atoms with van der Waals surface area (Å²) in [5.74, 6) is 5.41. The summed E-state index contributed by atoms with van der Waals surface area (Å²) in [6.07, 6.45) is 0. The quantitative estimate of drug-likeness (QED) is 0.443. The molecular weight excluding hydrogens is 177 g/mol. The number of hydrogen-bond acceptors (Lipinski definition) is 3. The summed E-state index contributed by atoms with van der Waals surface area (Å²) in [6, 6.07) is 6.34. The van der Waals surface area contributed by atoms with Crippen molar-refractivity contribution in [3.05, 3.63) is 30.1 Å². The summed E-state index contributed by atoms with van der Waals surface area (Å²) in [7, 11) is 0. The molecule has 0 aromatic heterocycles. The summed E-state index contributed by atoms with van der Waals surface area (Å²) >= 11 is 1.58. The van der Waals surface area contributed by atoms with Gasteiger partial charge in [0, 0.05) is 10.6 Å². The van der Waals surface area contributed by atoms with Crippen molar-refractivity contribution in [2.24, 2.45) is 5.90 Å². The van der Waals surface area contributed by atoms with E-state index in [-0.39, 0.29) is 5.82 Å². The van der Waals surface area contributed by atoms with E-state index in [4.69, 9.17) is 5.90 Å². The van der Waals surface area contributed by atoms with Crippen molar-refractivity contribution in [1.82, 2.24) is 0 Å². The van der Waals surface area contributed by atoms with Crippen LogP contribution in [-0.4, -0.2) is 12.4 Å². The van der Waals surface area contributed by atoms with Crippen LogP contribution in [-0.2, 0) is 4.84 Å². The average Bonchev–Trinajstić information content (AvgIpc) is 2.09. The second-order valence-electron chi connectivity index (χ2n) is 2.17. The molecule has 0 amide bonds. The molecule has 12 heavy (non-hydrogen) atoms. The molecule has 0 spiro atoms. The minimum Gasteiger partial charge on any atom is -0.304 e. The molecule has 0 saturated heterocycles. The lowest BCUT2D eigenvalue weighted by atomic mass is 10.4. The highest BCUT2D eigenvalue weighted by atomic mass is 32.2. The third-order valence-corrected chi connectivity index (χ3v) is 2.26. The minimum atomic E-state index is -0.213. The fourth-order valence-electron chi connectivity index (χ4n) is 0.738. The van der Waals surface area contributed by atoms with Crippen LogP contribution < -0.4 is 5.90 Å². The summed E-state index contributed by atoms with van der Waals surface area (Å²) in [5.41, 5.74) is 0. The van der Waals surface area contributed by atoms with Crippen LogP contribution in [0.1, 0.15) is 0 Å². The van der Waals surface area contributed by atoms with Crippen molar-refractivity contribution in [3.8, 4) is 0 Å². The minimum absolute atomic E-state index is 0.213. The van der Waals surface area contributed by atoms with E-state index in [1.54, 1.807) is 23.9 Å². The van der Waals surface area contributed by atoms with Gasteiger partial charge in [0.05, 0.1) is 6.61 Å². The highest BCUT2D eigenvalue weighted by Gasteiger charge is 1.93. The highest BCUT2D eigenvalue weighted by Crippen LogP contribution is 2.17. The molecule has 0 heterocycles. The van der Waals surface area contributed by atoms with Gasteiger partial charge in [-0.05, 0) is 24.3 Å². The molecule has 0 unspecified atom stereocenters. The molecule has 1 aromatic carbocycles. The Morgan fingerprint density at radius 3 is 2.58 bits per heavy atom. The fraction of sp³-hybridized carbons (Fsp3) is 0.250. The van der Waals surface area contributed by atoms with Gasteiger partial charge in [0.1, 0.15) is 5.82 Å². The summed E-state index contributed by atoms with van der Waals surface area (Å²) in [6.45, 7) is 0.502. The number of benzene rings is 1. The van der Waals surface area contributed by atoms with Crippen LogP contribution in [0.25, 0.3) is 0 Å². The first-order valence-corrected chi connectivity index (χ1v) is 4.51. The largest absolute Gasteiger partial charge is 0.304 e. The van der Waals surface area contributed by atoms with Gasteiger partial charge in [0.25, 0.3) is 0 Å². The molecule has 0 aliphatic heterocycles. The van der Waals surface area contributed by atoms with E-state index in [9.17, 15) is 4.39 Å². The lowest BCUT2D eigenvalue weighted by molar-refractivity contribution is 0.155. The first kappa shape index (κ1) is 9.51. The zero-order chi connectivity index (χ0) is 8.81. The van der Waals surface area contributed by atoms with Crippen LogP contribution >= 0.6 is 11.8 Å². The first-order valence-electron chi connectivity index (χ1n) is 3.53. The smallest absolute Gasteiger partial charge is 0.123 e. The highest BCUT2D eigenvalue weighted by molar-refractivity contribution is 7.99. The molecule has 66 valence electrons. The zero-order valence-electron chi connectivity index (χ0n) is 6.50. The number of thioether (sulfide) groups is 1. The average molecular weight is 187 g/mol. The molecule has 1 rings (SSSR count). The number of halogens is 1. The van der Waals surface area contributed by atoms with Crippen molar-refractivity contribution in [2.45, 2.75) is 4.90 Å². The molecule has 0 fully saturated rings. The third-order valence-electron chi connectivity index (χ3n) is 1.28. The predicted molar refractivity (Wildman–Crippen MR) is 47.3 cm³/mol. The summed E-state index contributed by atoms with van der Waals surface area (Å²) < 4.78 is 12.4. The van der Waals surface area contributed by atoms with Crippen LogP contribution in [0.4, 0.5) is 4.39 Å². The number of nitrogens with two attached hydrogens (primary N) is 1. The summed E-state index contributed by atoms with van der Waals surface area (Å²) in [4.78, 5) is 5.41. The van der Waals surface area contributed by atoms with E-state index in [1.165, 1.54) is 12.1 Å². The van der Waals surface area contributed by atoms with Gasteiger partial charge < -0.3 is 4.84 Å². The Hall–Kier alpha value is -0.580. The Kier molecular flexibility index (Phi) is 4.07. The van der Waals surface area contributed by atoms with Crippen molar-refractivity contribution < 1.29 is 9.23 Å². The molecule has 4 heteroatoms. The molecule has 2 N–H and O–H groups in total. The molecule has 0 bridgehead atoms. The Bertz CT molecular complexity index is 227. The Labute approximate surface area is 74.9 Å². The molecular formula is C8H10FNOS. The van der Waals surface area contributed by atoms with Crippen LogP contribution in [0.15, 0.2) is 29.2 Å². The standard InChI is InChI=1S/C8H10FNOS/c9-7-1-3-8(4-2-7)12-6-5-11-10/h1-4H,5-6,10H2. The molecule has 2 nitrogen and oxygen atoms in total. The van der Waals surface area contributed by atoms with E-state index in [0.717, 1.165) is 10.6 Å². The van der Waals surface area contributed by atoms with Gasteiger partial charge in [0.15, 0.2) is 0 Å². The molecule has 0 saturated carbocycles. The predicted octanol–water partition coefficient (Wildman–Crippen LogP) is 1.81. The second-order valence-corrected chi connectivity index (χ2v) is 3.34. The normalized spacial score (nSPS) is 10.2. The van der Waals surface area contributed by atoms with Gasteiger partial charge in [-0.25, -0.2) is 10.3 Å². The maximum Gasteiger partial charge on any atom is 0.123 e. The maximum atomic E-state index is 12.4. The monoisotopic (exact) mass is 187 g/mol. The molecule has 0 atom stereocenters. The van der Waals surface area contributed by atoms with Gasteiger partial charge >= 0.3 is 0 Å². The third kappa shape index (κ3) is 3.21. The van der Waals surface area contributed by atoms with Gasteiger partial charge in [-0.15, -0.1) is 11.8 Å². The van der Waals surface area contributed by atoms with E-state index in [0.29, 0.717) is 6.61 Å². The Balaban J connectivity index is 2.37. The van der Waals surface area contributed by atoms with Crippen molar-refractivity contribution in [2.75, 3.05) is 12.4 Å². The second kappa shape index (κ2) is 5.13. The molecule has 0 aliphatic carbocycles. The van der Waals surface area contributed by atoms with E-state index >= 15 is 0 Å². The first-order chi connectivity index (χ1) is 5.83. The van der Waals surface area contributed by atoms with Crippen LogP contribution in [0.2, 0.25) is 0 Å². The van der Waals surface area contributed by atoms with Crippen molar-refractivity contribution in [1.29, 1.82) is 0 Å². The molecule has 1 aromatic rings. The Morgan fingerprint density at radius 2 is 2.00 bits per heavy atom. The fourth-order valence-corrected chi connectivity index (χ4v) is 1.48. The lowest BCUT2D eigenvalue weighted by Gasteiger charge is -1.99. The van der Waals surface area contributed by atoms with Gasteiger partial charge in [-0.2, -0.15) is 0 Å². The SMILES string of the molecule is NOCCSc1ccc(F)cc1. The van der Waals surface area contributed by atoms with Crippen molar-refractivity contribution >= 4 is 11.8 Å². The Morgan fingerprint density at radius 1 is 1.33 bits per heavy atom. The van der Waals surface area contributed by atoms with Crippen molar-refractivity contribution in [3.63, 3.8) is 0 Å². The van der Waals surface area contributed by atoms with Crippen LogP contribution in [0, 0.1) is 5.82 Å². The van der Waals surface area contributed by atoms with Gasteiger partial charge in [0.2, 0.25) is 0 Å².